The summed E-state index contributed by atoms with van der Waals surface area (Å²) in [7, 11) is 0. The second kappa shape index (κ2) is 7.49. The minimum absolute atomic E-state index is 0.300. The first-order valence-electron chi connectivity index (χ1n) is 8.04. The van der Waals surface area contributed by atoms with Crippen molar-refractivity contribution in [3.05, 3.63) is 0 Å². The predicted molar refractivity (Wildman–Crippen MR) is 80.7 cm³/mol. The Hall–Kier alpha value is -0.0800. The van der Waals surface area contributed by atoms with Crippen LogP contribution in [0.1, 0.15) is 66.2 Å². The van der Waals surface area contributed by atoms with Crippen molar-refractivity contribution >= 4 is 0 Å². The van der Waals surface area contributed by atoms with E-state index in [2.05, 4.69) is 32.6 Å². The van der Waals surface area contributed by atoms with E-state index in [0.717, 1.165) is 24.9 Å². The number of likely N-dealkylation sites (N-methyl/N-ethyl adjacent to an activating group) is 1. The molecule has 1 aliphatic carbocycles. The first-order chi connectivity index (χ1) is 8.59. The fourth-order valence-electron chi connectivity index (χ4n) is 3.73. The van der Waals surface area contributed by atoms with Crippen LogP contribution in [0.4, 0.5) is 0 Å². The molecule has 1 saturated carbocycles. The number of hydrogen-bond donors (Lipinski definition) is 1. The number of rotatable bonds is 6. The van der Waals surface area contributed by atoms with E-state index in [0.29, 0.717) is 5.54 Å². The molecule has 0 radical (unpaired) electrons. The maximum Gasteiger partial charge on any atom is 0.0331 e. The fourth-order valence-corrected chi connectivity index (χ4v) is 3.73. The van der Waals surface area contributed by atoms with Gasteiger partial charge in [0.25, 0.3) is 0 Å². The lowest BCUT2D eigenvalue weighted by Gasteiger charge is -2.43. The zero-order valence-corrected chi connectivity index (χ0v) is 13.0. The Morgan fingerprint density at radius 2 is 1.94 bits per heavy atom. The summed E-state index contributed by atoms with van der Waals surface area (Å²) in [6, 6.07) is 0. The van der Waals surface area contributed by atoms with E-state index in [-0.39, 0.29) is 0 Å². The molecule has 2 atom stereocenters. The highest BCUT2D eigenvalue weighted by Crippen LogP contribution is 2.37. The van der Waals surface area contributed by atoms with Gasteiger partial charge in [0.05, 0.1) is 0 Å². The van der Waals surface area contributed by atoms with Crippen LogP contribution in [0.3, 0.4) is 0 Å². The van der Waals surface area contributed by atoms with E-state index in [1.807, 2.05) is 0 Å². The van der Waals surface area contributed by atoms with E-state index in [1.165, 1.54) is 45.1 Å². The molecule has 2 N–H and O–H groups in total. The number of nitrogens with zero attached hydrogens (tertiary/aromatic N) is 1. The fraction of sp³-hybridized carbons (Fsp3) is 1.00. The molecular weight excluding hydrogens is 220 g/mol. The van der Waals surface area contributed by atoms with E-state index >= 15 is 0 Å². The molecule has 0 amide bonds. The SMILES string of the molecule is CCCN(CC)C1(CN)CCCC(C(C)C)CC1. The molecule has 18 heavy (non-hydrogen) atoms. The zero-order valence-electron chi connectivity index (χ0n) is 13.0. The lowest BCUT2D eigenvalue weighted by molar-refractivity contribution is 0.0817. The molecule has 0 saturated heterocycles. The van der Waals surface area contributed by atoms with Gasteiger partial charge in [0.2, 0.25) is 0 Å². The standard InChI is InChI=1S/C16H34N2/c1-5-12-18(6-2)16(13-17)10-7-8-15(9-11-16)14(3)4/h14-15H,5-13,17H2,1-4H3. The van der Waals surface area contributed by atoms with Crippen molar-refractivity contribution in [2.45, 2.75) is 71.8 Å². The highest BCUT2D eigenvalue weighted by Gasteiger charge is 2.36. The van der Waals surface area contributed by atoms with Crippen LogP contribution in [0, 0.1) is 11.8 Å². The van der Waals surface area contributed by atoms with Crippen LogP contribution >= 0.6 is 0 Å². The van der Waals surface area contributed by atoms with Crippen LogP contribution in [0.15, 0.2) is 0 Å². The Morgan fingerprint density at radius 1 is 1.22 bits per heavy atom. The normalized spacial score (nSPS) is 29.8. The van der Waals surface area contributed by atoms with Gasteiger partial charge in [0, 0.05) is 12.1 Å². The van der Waals surface area contributed by atoms with Gasteiger partial charge in [0.15, 0.2) is 0 Å². The van der Waals surface area contributed by atoms with Gasteiger partial charge in [-0.3, -0.25) is 4.90 Å². The molecule has 0 aliphatic heterocycles. The molecule has 0 spiro atoms. The van der Waals surface area contributed by atoms with Gasteiger partial charge < -0.3 is 5.73 Å². The van der Waals surface area contributed by atoms with Crippen molar-refractivity contribution in [3.63, 3.8) is 0 Å². The minimum atomic E-state index is 0.300. The first kappa shape index (κ1) is 16.0. The third-order valence-corrected chi connectivity index (χ3v) is 5.07. The quantitative estimate of drug-likeness (QED) is 0.733. The van der Waals surface area contributed by atoms with Gasteiger partial charge in [0.1, 0.15) is 0 Å². The van der Waals surface area contributed by atoms with Crippen molar-refractivity contribution < 1.29 is 0 Å². The zero-order chi connectivity index (χ0) is 13.6. The van der Waals surface area contributed by atoms with Crippen molar-refractivity contribution in [1.82, 2.24) is 4.90 Å². The summed E-state index contributed by atoms with van der Waals surface area (Å²) in [5.74, 6) is 1.75. The second-order valence-electron chi connectivity index (χ2n) is 6.44. The Bertz CT molecular complexity index is 227. The van der Waals surface area contributed by atoms with E-state index in [9.17, 15) is 0 Å². The molecule has 1 rings (SSSR count). The van der Waals surface area contributed by atoms with Gasteiger partial charge in [-0.25, -0.2) is 0 Å². The molecule has 0 heterocycles. The Balaban J connectivity index is 2.74. The van der Waals surface area contributed by atoms with Crippen LogP contribution in [-0.2, 0) is 0 Å². The monoisotopic (exact) mass is 254 g/mol. The molecule has 2 nitrogen and oxygen atoms in total. The topological polar surface area (TPSA) is 29.3 Å². The van der Waals surface area contributed by atoms with Gasteiger partial charge in [-0.2, -0.15) is 0 Å². The molecule has 0 bridgehead atoms. The predicted octanol–water partition coefficient (Wildman–Crippen LogP) is 3.65. The summed E-state index contributed by atoms with van der Waals surface area (Å²) < 4.78 is 0. The maximum absolute atomic E-state index is 6.19. The molecule has 108 valence electrons. The molecular formula is C16H34N2. The molecule has 0 aromatic heterocycles. The van der Waals surface area contributed by atoms with Crippen LogP contribution in [0.25, 0.3) is 0 Å². The summed E-state index contributed by atoms with van der Waals surface area (Å²) in [5, 5.41) is 0. The largest absolute Gasteiger partial charge is 0.329 e. The highest BCUT2D eigenvalue weighted by atomic mass is 15.2. The van der Waals surface area contributed by atoms with Crippen LogP contribution in [0.2, 0.25) is 0 Å². The third-order valence-electron chi connectivity index (χ3n) is 5.07. The Kier molecular flexibility index (Phi) is 6.65. The highest BCUT2D eigenvalue weighted by molar-refractivity contribution is 4.94. The summed E-state index contributed by atoms with van der Waals surface area (Å²) >= 11 is 0. The van der Waals surface area contributed by atoms with E-state index in [1.54, 1.807) is 0 Å². The number of hydrogen-bond acceptors (Lipinski definition) is 2. The van der Waals surface area contributed by atoms with Crippen LogP contribution in [0.5, 0.6) is 0 Å². The van der Waals surface area contributed by atoms with Crippen molar-refractivity contribution in [2.75, 3.05) is 19.6 Å². The van der Waals surface area contributed by atoms with Gasteiger partial charge in [-0.15, -0.1) is 0 Å². The lowest BCUT2D eigenvalue weighted by Crippen LogP contribution is -2.53. The maximum atomic E-state index is 6.19. The van der Waals surface area contributed by atoms with E-state index < -0.39 is 0 Å². The lowest BCUT2D eigenvalue weighted by atomic mass is 9.85. The molecule has 0 aromatic rings. The molecule has 2 unspecified atom stereocenters. The molecule has 1 fully saturated rings. The molecule has 0 aromatic carbocycles. The summed E-state index contributed by atoms with van der Waals surface area (Å²) in [6.45, 7) is 12.5. The smallest absolute Gasteiger partial charge is 0.0331 e. The summed E-state index contributed by atoms with van der Waals surface area (Å²) in [6.07, 6.45) is 7.99. The van der Waals surface area contributed by atoms with Crippen molar-refractivity contribution in [3.8, 4) is 0 Å². The van der Waals surface area contributed by atoms with Crippen molar-refractivity contribution in [2.24, 2.45) is 17.6 Å². The van der Waals surface area contributed by atoms with Crippen LogP contribution in [-0.4, -0.2) is 30.1 Å². The average molecular weight is 254 g/mol. The van der Waals surface area contributed by atoms with Crippen molar-refractivity contribution in [1.29, 1.82) is 0 Å². The number of nitrogens with two attached hydrogens (primary N) is 1. The summed E-state index contributed by atoms with van der Waals surface area (Å²) in [5.41, 5.74) is 6.49. The minimum Gasteiger partial charge on any atom is -0.329 e. The molecule has 1 aliphatic rings. The van der Waals surface area contributed by atoms with Crippen LogP contribution < -0.4 is 5.73 Å². The van der Waals surface area contributed by atoms with Gasteiger partial charge >= 0.3 is 0 Å². The Labute approximate surface area is 114 Å². The summed E-state index contributed by atoms with van der Waals surface area (Å²) in [4.78, 5) is 2.66. The first-order valence-corrected chi connectivity index (χ1v) is 8.04. The average Bonchev–Trinajstić information content (AvgIpc) is 2.59. The Morgan fingerprint density at radius 3 is 2.44 bits per heavy atom. The molecule has 2 heteroatoms. The van der Waals surface area contributed by atoms with Gasteiger partial charge in [-0.1, -0.05) is 40.5 Å². The second-order valence-corrected chi connectivity index (χ2v) is 6.44. The van der Waals surface area contributed by atoms with E-state index in [4.69, 9.17) is 5.73 Å². The third kappa shape index (κ3) is 3.71. The van der Waals surface area contributed by atoms with Gasteiger partial charge in [-0.05, 0) is 50.6 Å².